The zero-order valence-corrected chi connectivity index (χ0v) is 37.1. The molecule has 4 aromatic carbocycles. The Balaban J connectivity index is 0.933. The van der Waals surface area contributed by atoms with Crippen LogP contribution in [0.5, 0.6) is 0 Å². The number of rotatable bonds is 6. The first-order valence-corrected chi connectivity index (χ1v) is 25.1. The molecular weight excluding hydrogens is 785 g/mol. The molecule has 12 bridgehead atoms. The standard InChI is InChI=1S/C60H60O4/c61-56(62)48-9-11-50(12-10-48)60-34-44-25-45(35-60)27-49(26-44)55(60)51-13-14-52(57(63)64)54(47-7-3-37(4-8-47)16-18-59-31-41-22-42(32-59)24-43(23-41)33-59)53(51)46-5-1-36(2-6-46)15-17-58-28-38-19-39(29-58)21-40(20-38)30-58/h1-14,38-45,49,55H,19-35H2,(H,61,62)(H,63,64). The van der Waals surface area contributed by atoms with Crippen molar-refractivity contribution in [3.63, 3.8) is 0 Å². The van der Waals surface area contributed by atoms with Crippen molar-refractivity contribution in [3.8, 4) is 45.9 Å². The summed E-state index contributed by atoms with van der Waals surface area (Å²) in [6, 6.07) is 29.1. The van der Waals surface area contributed by atoms with Gasteiger partial charge in [0.05, 0.1) is 11.1 Å². The maximum Gasteiger partial charge on any atom is 0.336 e. The second kappa shape index (κ2) is 14.5. The second-order valence-corrected chi connectivity index (χ2v) is 23.4. The fraction of sp³-hybridized carbons (Fsp3) is 0.500. The summed E-state index contributed by atoms with van der Waals surface area (Å²) in [6.45, 7) is 0. The van der Waals surface area contributed by atoms with E-state index in [4.69, 9.17) is 0 Å². The van der Waals surface area contributed by atoms with Crippen LogP contribution in [0.3, 0.4) is 0 Å². The van der Waals surface area contributed by atoms with E-state index in [1.54, 1.807) is 12.1 Å². The van der Waals surface area contributed by atoms with Crippen LogP contribution >= 0.6 is 0 Å². The first-order valence-electron chi connectivity index (χ1n) is 25.1. The van der Waals surface area contributed by atoms with Crippen molar-refractivity contribution in [2.24, 2.45) is 64.1 Å². The molecule has 4 heteroatoms. The Morgan fingerprint density at radius 2 is 0.875 bits per heavy atom. The fourth-order valence-corrected chi connectivity index (χ4v) is 18.0. The topological polar surface area (TPSA) is 74.6 Å². The summed E-state index contributed by atoms with van der Waals surface area (Å²) in [7, 11) is 0. The molecule has 2 N–H and O–H groups in total. The van der Waals surface area contributed by atoms with E-state index in [-0.39, 0.29) is 22.2 Å². The molecule has 0 aliphatic heterocycles. The largest absolute Gasteiger partial charge is 0.478 e. The quantitative estimate of drug-likeness (QED) is 0.190. The van der Waals surface area contributed by atoms with Crippen molar-refractivity contribution < 1.29 is 19.8 Å². The molecule has 12 saturated carbocycles. The Bertz CT molecular complexity index is 2610. The summed E-state index contributed by atoms with van der Waals surface area (Å²) < 4.78 is 0. The second-order valence-electron chi connectivity index (χ2n) is 23.4. The predicted octanol–water partition coefficient (Wildman–Crippen LogP) is 13.4. The molecule has 16 rings (SSSR count). The minimum atomic E-state index is -0.921. The average molecular weight is 845 g/mol. The molecule has 0 radical (unpaired) electrons. The Morgan fingerprint density at radius 1 is 0.453 bits per heavy atom. The third kappa shape index (κ3) is 6.47. The highest BCUT2D eigenvalue weighted by molar-refractivity contribution is 6.02. The molecule has 0 spiro atoms. The van der Waals surface area contributed by atoms with Gasteiger partial charge in [0.15, 0.2) is 0 Å². The molecule has 0 heterocycles. The lowest BCUT2D eigenvalue weighted by Gasteiger charge is -2.62. The van der Waals surface area contributed by atoms with Gasteiger partial charge in [-0.25, -0.2) is 9.59 Å². The van der Waals surface area contributed by atoms with Gasteiger partial charge >= 0.3 is 11.9 Å². The van der Waals surface area contributed by atoms with Gasteiger partial charge in [0.2, 0.25) is 0 Å². The average Bonchev–Trinajstić information content (AvgIpc) is 3.26. The van der Waals surface area contributed by atoms with E-state index in [0.717, 1.165) is 81.7 Å². The number of carbonyl (C=O) groups is 2. The summed E-state index contributed by atoms with van der Waals surface area (Å²) >= 11 is 0. The minimum absolute atomic E-state index is 0.161. The SMILES string of the molecule is O=C(O)c1ccc(C23CC4CC(CC(C4)C2c2ccc(C(=O)O)c(-c4ccc(C#CC56CC7CC(CC(C7)C5)C6)cc4)c2-c2ccc(C#CC45CC6CC(CC(C6)C4)C5)cc2)C3)cc1. The molecule has 0 saturated heterocycles. The Morgan fingerprint density at radius 3 is 1.30 bits per heavy atom. The van der Waals surface area contributed by atoms with Crippen molar-refractivity contribution in [1.82, 2.24) is 0 Å². The molecule has 12 fully saturated rings. The molecular formula is C60H60O4. The number of hydrogen-bond donors (Lipinski definition) is 2. The number of hydrogen-bond acceptors (Lipinski definition) is 2. The molecule has 0 amide bonds. The van der Waals surface area contributed by atoms with Crippen LogP contribution in [-0.4, -0.2) is 22.2 Å². The zero-order chi connectivity index (χ0) is 43.0. The third-order valence-electron chi connectivity index (χ3n) is 19.2. The van der Waals surface area contributed by atoms with Gasteiger partial charge in [-0.05, 0) is 239 Å². The molecule has 3 atom stereocenters. The highest BCUT2D eigenvalue weighted by Crippen LogP contribution is 2.68. The number of aromatic carboxylic acids is 2. The molecule has 3 unspecified atom stereocenters. The lowest BCUT2D eigenvalue weighted by atomic mass is 9.42. The van der Waals surface area contributed by atoms with E-state index in [1.807, 2.05) is 6.07 Å². The molecule has 0 aromatic heterocycles. The molecule has 12 aliphatic rings. The van der Waals surface area contributed by atoms with Gasteiger partial charge in [-0.3, -0.25) is 0 Å². The van der Waals surface area contributed by atoms with Gasteiger partial charge in [0.1, 0.15) is 0 Å². The Hall–Kier alpha value is -5.06. The maximum absolute atomic E-state index is 13.5. The zero-order valence-electron chi connectivity index (χ0n) is 37.1. The van der Waals surface area contributed by atoms with E-state index in [1.165, 1.54) is 107 Å². The molecule has 324 valence electrons. The van der Waals surface area contributed by atoms with E-state index in [0.29, 0.717) is 28.9 Å². The number of carboxylic acids is 2. The lowest BCUT2D eigenvalue weighted by Crippen LogP contribution is -2.54. The van der Waals surface area contributed by atoms with Crippen molar-refractivity contribution in [2.45, 2.75) is 120 Å². The van der Waals surface area contributed by atoms with Crippen LogP contribution in [0.1, 0.15) is 158 Å². The minimum Gasteiger partial charge on any atom is -0.478 e. The summed E-state index contributed by atoms with van der Waals surface area (Å²) in [6.07, 6.45) is 21.8. The highest BCUT2D eigenvalue weighted by Gasteiger charge is 2.59. The van der Waals surface area contributed by atoms with Crippen LogP contribution in [0, 0.1) is 87.8 Å². The molecule has 4 aromatic rings. The van der Waals surface area contributed by atoms with Crippen molar-refractivity contribution in [1.29, 1.82) is 0 Å². The van der Waals surface area contributed by atoms with E-state index < -0.39 is 11.9 Å². The maximum atomic E-state index is 13.5. The number of benzene rings is 4. The van der Waals surface area contributed by atoms with Crippen LogP contribution in [0.25, 0.3) is 22.3 Å². The first kappa shape index (κ1) is 39.3. The van der Waals surface area contributed by atoms with Crippen LogP contribution in [0.15, 0.2) is 84.9 Å². The van der Waals surface area contributed by atoms with E-state index in [9.17, 15) is 19.8 Å². The normalized spacial score (nSPS) is 37.8. The van der Waals surface area contributed by atoms with Gasteiger partial charge in [-0.1, -0.05) is 66.1 Å². The first-order chi connectivity index (χ1) is 31.1. The lowest BCUT2D eigenvalue weighted by molar-refractivity contribution is -0.0278. The summed E-state index contributed by atoms with van der Waals surface area (Å²) in [5.41, 5.74) is 9.04. The van der Waals surface area contributed by atoms with Gasteiger partial charge in [-0.15, -0.1) is 0 Å². The van der Waals surface area contributed by atoms with Crippen molar-refractivity contribution >= 4 is 11.9 Å². The van der Waals surface area contributed by atoms with E-state index in [2.05, 4.69) is 90.4 Å². The van der Waals surface area contributed by atoms with Crippen molar-refractivity contribution in [2.75, 3.05) is 0 Å². The molecule has 12 aliphatic carbocycles. The van der Waals surface area contributed by atoms with Crippen LogP contribution in [0.4, 0.5) is 0 Å². The molecule has 64 heavy (non-hydrogen) atoms. The molecule has 4 nitrogen and oxygen atoms in total. The monoisotopic (exact) mass is 844 g/mol. The summed E-state index contributed by atoms with van der Waals surface area (Å²) in [5, 5.41) is 20.9. The van der Waals surface area contributed by atoms with Gasteiger partial charge < -0.3 is 10.2 Å². The fourth-order valence-electron chi connectivity index (χ4n) is 18.0. The summed E-state index contributed by atoms with van der Waals surface area (Å²) in [5.74, 6) is 20.2. The number of carboxylic acid groups (broad SMARTS) is 2. The third-order valence-corrected chi connectivity index (χ3v) is 19.2. The smallest absolute Gasteiger partial charge is 0.336 e. The predicted molar refractivity (Wildman–Crippen MR) is 251 cm³/mol. The van der Waals surface area contributed by atoms with Gasteiger partial charge in [-0.2, -0.15) is 0 Å². The van der Waals surface area contributed by atoms with Crippen LogP contribution in [0.2, 0.25) is 0 Å². The van der Waals surface area contributed by atoms with Crippen LogP contribution in [-0.2, 0) is 5.41 Å². The summed E-state index contributed by atoms with van der Waals surface area (Å²) in [4.78, 5) is 25.5. The van der Waals surface area contributed by atoms with Gasteiger partial charge in [0.25, 0.3) is 0 Å². The Kier molecular flexibility index (Phi) is 8.89. The van der Waals surface area contributed by atoms with Crippen molar-refractivity contribution in [3.05, 3.63) is 118 Å². The van der Waals surface area contributed by atoms with E-state index >= 15 is 0 Å². The highest BCUT2D eigenvalue weighted by atomic mass is 16.4. The van der Waals surface area contributed by atoms with Gasteiger partial charge in [0, 0.05) is 32.9 Å². The van der Waals surface area contributed by atoms with Crippen LogP contribution < -0.4 is 0 Å². The Labute approximate surface area is 379 Å².